The van der Waals surface area contributed by atoms with Crippen molar-refractivity contribution in [2.45, 2.75) is 25.7 Å². The van der Waals surface area contributed by atoms with Gasteiger partial charge in [-0.1, -0.05) is 6.42 Å². The van der Waals surface area contributed by atoms with E-state index in [2.05, 4.69) is 10.3 Å². The number of aromatic nitrogens is 1. The minimum absolute atomic E-state index is 0.0111. The maximum atomic E-state index is 12.5. The van der Waals surface area contributed by atoms with E-state index in [4.69, 9.17) is 0 Å². The highest BCUT2D eigenvalue weighted by atomic mass is 16.2. The van der Waals surface area contributed by atoms with Crippen LogP contribution in [0.3, 0.4) is 0 Å². The molecule has 2 fully saturated rings. The van der Waals surface area contributed by atoms with Gasteiger partial charge in [0.05, 0.1) is 0 Å². The van der Waals surface area contributed by atoms with Crippen molar-refractivity contribution in [3.05, 3.63) is 30.1 Å². The van der Waals surface area contributed by atoms with Gasteiger partial charge < -0.3 is 10.2 Å². The summed E-state index contributed by atoms with van der Waals surface area (Å²) in [5, 5.41) is 2.78. The molecule has 0 radical (unpaired) electrons. The first kappa shape index (κ1) is 14.0. The fraction of sp³-hybridized carbons (Fsp3) is 0.562. The van der Waals surface area contributed by atoms with Crippen molar-refractivity contribution < 1.29 is 9.59 Å². The minimum Gasteiger partial charge on any atom is -0.359 e. The van der Waals surface area contributed by atoms with Crippen molar-refractivity contribution in [2.24, 2.45) is 11.3 Å². The van der Waals surface area contributed by atoms with Gasteiger partial charge in [0, 0.05) is 49.4 Å². The molecule has 1 spiro atoms. The molecule has 1 aromatic rings. The van der Waals surface area contributed by atoms with Crippen LogP contribution in [-0.2, 0) is 4.79 Å². The molecule has 1 aromatic heterocycles. The number of nitrogens with one attached hydrogen (secondary N) is 1. The van der Waals surface area contributed by atoms with Crippen molar-refractivity contribution in [1.82, 2.24) is 15.2 Å². The molecule has 1 aliphatic carbocycles. The zero-order valence-corrected chi connectivity index (χ0v) is 12.3. The van der Waals surface area contributed by atoms with Gasteiger partial charge in [-0.3, -0.25) is 14.6 Å². The van der Waals surface area contributed by atoms with E-state index in [1.54, 1.807) is 31.6 Å². The SMILES string of the molecule is CNC(=O)[C@H]1CCC[C@@]12CCN(C(=O)c1ccncc1)C2. The quantitative estimate of drug-likeness (QED) is 0.895. The van der Waals surface area contributed by atoms with E-state index in [0.29, 0.717) is 12.1 Å². The van der Waals surface area contributed by atoms with Gasteiger partial charge >= 0.3 is 0 Å². The summed E-state index contributed by atoms with van der Waals surface area (Å²) in [6.07, 6.45) is 7.28. The Bertz CT molecular complexity index is 546. The molecule has 2 aliphatic rings. The molecule has 21 heavy (non-hydrogen) atoms. The number of pyridine rings is 1. The molecule has 5 nitrogen and oxygen atoms in total. The maximum Gasteiger partial charge on any atom is 0.253 e. The number of hydrogen-bond acceptors (Lipinski definition) is 3. The number of carbonyl (C=O) groups excluding carboxylic acids is 2. The fourth-order valence-electron chi connectivity index (χ4n) is 3.96. The summed E-state index contributed by atoms with van der Waals surface area (Å²) in [4.78, 5) is 30.5. The first-order chi connectivity index (χ1) is 10.2. The number of nitrogens with zero attached hydrogens (tertiary/aromatic N) is 2. The van der Waals surface area contributed by atoms with Crippen molar-refractivity contribution in [1.29, 1.82) is 0 Å². The Morgan fingerprint density at radius 2 is 2.10 bits per heavy atom. The predicted molar refractivity (Wildman–Crippen MR) is 78.6 cm³/mol. The zero-order chi connectivity index (χ0) is 14.9. The number of likely N-dealkylation sites (tertiary alicyclic amines) is 1. The van der Waals surface area contributed by atoms with Crippen molar-refractivity contribution in [2.75, 3.05) is 20.1 Å². The van der Waals surface area contributed by atoms with E-state index in [9.17, 15) is 9.59 Å². The Balaban J connectivity index is 1.76. The van der Waals surface area contributed by atoms with Gasteiger partial charge in [-0.15, -0.1) is 0 Å². The molecule has 3 rings (SSSR count). The van der Waals surface area contributed by atoms with Crippen LogP contribution in [0.25, 0.3) is 0 Å². The molecule has 0 bridgehead atoms. The van der Waals surface area contributed by atoms with Crippen LogP contribution in [-0.4, -0.2) is 41.8 Å². The standard InChI is InChI=1S/C16H21N3O2/c1-17-14(20)13-3-2-6-16(13)7-10-19(11-16)15(21)12-4-8-18-9-5-12/h4-5,8-9,13H,2-3,6-7,10-11H2,1H3,(H,17,20)/t13-,16+/m1/s1. The second-order valence-electron chi connectivity index (χ2n) is 6.13. The lowest BCUT2D eigenvalue weighted by atomic mass is 9.76. The third-order valence-electron chi connectivity index (χ3n) is 5.07. The minimum atomic E-state index is -0.0111. The van der Waals surface area contributed by atoms with Crippen LogP contribution in [0.15, 0.2) is 24.5 Å². The molecular weight excluding hydrogens is 266 g/mol. The molecule has 1 saturated heterocycles. The number of rotatable bonds is 2. The van der Waals surface area contributed by atoms with Crippen molar-refractivity contribution >= 4 is 11.8 Å². The van der Waals surface area contributed by atoms with Gasteiger partial charge in [0.1, 0.15) is 0 Å². The van der Waals surface area contributed by atoms with Crippen LogP contribution in [0.5, 0.6) is 0 Å². The predicted octanol–water partition coefficient (Wildman–Crippen LogP) is 1.46. The van der Waals surface area contributed by atoms with E-state index in [-0.39, 0.29) is 23.1 Å². The first-order valence-corrected chi connectivity index (χ1v) is 7.57. The smallest absolute Gasteiger partial charge is 0.253 e. The Morgan fingerprint density at radius 1 is 1.33 bits per heavy atom. The lowest BCUT2D eigenvalue weighted by Gasteiger charge is -2.30. The molecule has 2 amide bonds. The molecule has 112 valence electrons. The molecule has 2 heterocycles. The zero-order valence-electron chi connectivity index (χ0n) is 12.3. The van der Waals surface area contributed by atoms with Gasteiger partial charge in [-0.2, -0.15) is 0 Å². The summed E-state index contributed by atoms with van der Waals surface area (Å²) in [7, 11) is 1.70. The largest absolute Gasteiger partial charge is 0.359 e. The van der Waals surface area contributed by atoms with Gasteiger partial charge in [-0.25, -0.2) is 0 Å². The second kappa shape index (κ2) is 5.47. The Hall–Kier alpha value is -1.91. The van der Waals surface area contributed by atoms with Crippen LogP contribution in [0.4, 0.5) is 0 Å². The lowest BCUT2D eigenvalue weighted by Crippen LogP contribution is -2.40. The third-order valence-corrected chi connectivity index (χ3v) is 5.07. The topological polar surface area (TPSA) is 62.3 Å². The molecule has 1 saturated carbocycles. The highest BCUT2D eigenvalue weighted by molar-refractivity contribution is 5.94. The lowest BCUT2D eigenvalue weighted by molar-refractivity contribution is -0.127. The van der Waals surface area contributed by atoms with Crippen LogP contribution >= 0.6 is 0 Å². The molecule has 2 atom stereocenters. The molecular formula is C16H21N3O2. The fourth-order valence-corrected chi connectivity index (χ4v) is 3.96. The van der Waals surface area contributed by atoms with Crippen molar-refractivity contribution in [3.8, 4) is 0 Å². The van der Waals surface area contributed by atoms with E-state index in [0.717, 1.165) is 32.2 Å². The number of amides is 2. The molecule has 1 aliphatic heterocycles. The Morgan fingerprint density at radius 3 is 2.81 bits per heavy atom. The molecule has 5 heteroatoms. The van der Waals surface area contributed by atoms with Gasteiger partial charge in [0.2, 0.25) is 5.91 Å². The van der Waals surface area contributed by atoms with E-state index < -0.39 is 0 Å². The third kappa shape index (κ3) is 2.41. The highest BCUT2D eigenvalue weighted by Crippen LogP contribution is 2.49. The summed E-state index contributed by atoms with van der Waals surface area (Å²) < 4.78 is 0. The first-order valence-electron chi connectivity index (χ1n) is 7.57. The molecule has 0 aromatic carbocycles. The normalized spacial score (nSPS) is 28.0. The Kier molecular flexibility index (Phi) is 3.66. The second-order valence-corrected chi connectivity index (χ2v) is 6.13. The summed E-state index contributed by atoms with van der Waals surface area (Å²) in [5.41, 5.74) is 0.666. The van der Waals surface area contributed by atoms with Gasteiger partial charge in [0.25, 0.3) is 5.91 Å². The maximum absolute atomic E-state index is 12.5. The monoisotopic (exact) mass is 287 g/mol. The van der Waals surface area contributed by atoms with E-state index >= 15 is 0 Å². The van der Waals surface area contributed by atoms with Crippen molar-refractivity contribution in [3.63, 3.8) is 0 Å². The van der Waals surface area contributed by atoms with E-state index in [1.165, 1.54) is 0 Å². The summed E-state index contributed by atoms with van der Waals surface area (Å²) in [6, 6.07) is 3.50. The molecule has 0 unspecified atom stereocenters. The van der Waals surface area contributed by atoms with E-state index in [1.807, 2.05) is 4.90 Å². The van der Waals surface area contributed by atoms with Crippen LogP contribution < -0.4 is 5.32 Å². The van der Waals surface area contributed by atoms with Gasteiger partial charge in [-0.05, 0) is 31.4 Å². The van der Waals surface area contributed by atoms with Gasteiger partial charge in [0.15, 0.2) is 0 Å². The Labute approximate surface area is 124 Å². The van der Waals surface area contributed by atoms with Crippen LogP contribution in [0, 0.1) is 11.3 Å². The highest BCUT2D eigenvalue weighted by Gasteiger charge is 2.51. The number of carbonyl (C=O) groups is 2. The average Bonchev–Trinajstić information content (AvgIpc) is 3.14. The molecule has 1 N–H and O–H groups in total. The van der Waals surface area contributed by atoms with Crippen LogP contribution in [0.1, 0.15) is 36.0 Å². The summed E-state index contributed by atoms with van der Waals surface area (Å²) in [6.45, 7) is 1.45. The summed E-state index contributed by atoms with van der Waals surface area (Å²) >= 11 is 0. The summed E-state index contributed by atoms with van der Waals surface area (Å²) in [5.74, 6) is 0.236. The number of hydrogen-bond donors (Lipinski definition) is 1. The average molecular weight is 287 g/mol. The van der Waals surface area contributed by atoms with Crippen LogP contribution in [0.2, 0.25) is 0 Å².